The summed E-state index contributed by atoms with van der Waals surface area (Å²) < 4.78 is 5.72. The van der Waals surface area contributed by atoms with Gasteiger partial charge in [-0.15, -0.1) is 0 Å². The van der Waals surface area contributed by atoms with E-state index >= 15 is 0 Å². The third-order valence-corrected chi connectivity index (χ3v) is 2.46. The SMILES string of the molecule is CN=C(NCCOc1ccccc1C)NC(C)(C)C. The lowest BCUT2D eigenvalue weighted by molar-refractivity contribution is 0.319. The Morgan fingerprint density at radius 3 is 2.53 bits per heavy atom. The van der Waals surface area contributed by atoms with Gasteiger partial charge in [-0.05, 0) is 39.3 Å². The fraction of sp³-hybridized carbons (Fsp3) is 0.533. The number of aliphatic imine (C=N–C) groups is 1. The van der Waals surface area contributed by atoms with E-state index in [0.717, 1.165) is 17.3 Å². The molecule has 4 heteroatoms. The van der Waals surface area contributed by atoms with Crippen LogP contribution in [0.5, 0.6) is 5.75 Å². The highest BCUT2D eigenvalue weighted by Crippen LogP contribution is 2.15. The van der Waals surface area contributed by atoms with E-state index in [4.69, 9.17) is 4.74 Å². The van der Waals surface area contributed by atoms with Crippen molar-refractivity contribution < 1.29 is 4.74 Å². The van der Waals surface area contributed by atoms with Crippen LogP contribution in [0.15, 0.2) is 29.3 Å². The number of aryl methyl sites for hydroxylation is 1. The second kappa shape index (κ2) is 7.02. The Morgan fingerprint density at radius 2 is 1.95 bits per heavy atom. The first-order chi connectivity index (χ1) is 8.92. The van der Waals surface area contributed by atoms with Crippen LogP contribution in [0.2, 0.25) is 0 Å². The van der Waals surface area contributed by atoms with Gasteiger partial charge in [0.05, 0.1) is 6.54 Å². The zero-order valence-electron chi connectivity index (χ0n) is 12.6. The predicted molar refractivity (Wildman–Crippen MR) is 80.9 cm³/mol. The summed E-state index contributed by atoms with van der Waals surface area (Å²) in [7, 11) is 1.77. The van der Waals surface area contributed by atoms with Gasteiger partial charge in [-0.25, -0.2) is 0 Å². The predicted octanol–water partition coefficient (Wildman–Crippen LogP) is 2.34. The summed E-state index contributed by atoms with van der Waals surface area (Å²) in [5, 5.41) is 6.53. The second-order valence-electron chi connectivity index (χ2n) is 5.49. The van der Waals surface area contributed by atoms with E-state index in [1.165, 1.54) is 0 Å². The van der Waals surface area contributed by atoms with Crippen LogP contribution in [-0.4, -0.2) is 31.7 Å². The van der Waals surface area contributed by atoms with Gasteiger partial charge in [0, 0.05) is 12.6 Å². The molecule has 0 fully saturated rings. The van der Waals surface area contributed by atoms with Crippen molar-refractivity contribution in [1.82, 2.24) is 10.6 Å². The minimum absolute atomic E-state index is 0.00127. The first kappa shape index (κ1) is 15.3. The highest BCUT2D eigenvalue weighted by molar-refractivity contribution is 5.80. The van der Waals surface area contributed by atoms with Crippen molar-refractivity contribution in [3.8, 4) is 5.75 Å². The molecule has 19 heavy (non-hydrogen) atoms. The molecule has 0 heterocycles. The van der Waals surface area contributed by atoms with Crippen LogP contribution >= 0.6 is 0 Å². The number of benzene rings is 1. The maximum atomic E-state index is 5.72. The molecule has 0 aliphatic rings. The van der Waals surface area contributed by atoms with Crippen LogP contribution < -0.4 is 15.4 Å². The fourth-order valence-corrected chi connectivity index (χ4v) is 1.58. The largest absolute Gasteiger partial charge is 0.491 e. The van der Waals surface area contributed by atoms with E-state index < -0.39 is 0 Å². The first-order valence-electron chi connectivity index (χ1n) is 6.59. The highest BCUT2D eigenvalue weighted by atomic mass is 16.5. The maximum Gasteiger partial charge on any atom is 0.191 e. The molecule has 0 saturated carbocycles. The van der Waals surface area contributed by atoms with Crippen molar-refractivity contribution >= 4 is 5.96 Å². The van der Waals surface area contributed by atoms with E-state index in [1.807, 2.05) is 31.2 Å². The quantitative estimate of drug-likeness (QED) is 0.498. The Hall–Kier alpha value is -1.71. The van der Waals surface area contributed by atoms with Crippen LogP contribution in [0.4, 0.5) is 0 Å². The monoisotopic (exact) mass is 263 g/mol. The Morgan fingerprint density at radius 1 is 1.26 bits per heavy atom. The van der Waals surface area contributed by atoms with Gasteiger partial charge in [0.2, 0.25) is 0 Å². The zero-order chi connectivity index (χ0) is 14.3. The molecule has 0 spiro atoms. The van der Waals surface area contributed by atoms with Gasteiger partial charge >= 0.3 is 0 Å². The zero-order valence-corrected chi connectivity index (χ0v) is 12.6. The number of guanidine groups is 1. The number of para-hydroxylation sites is 1. The summed E-state index contributed by atoms with van der Waals surface area (Å²) in [6.45, 7) is 9.67. The Kier molecular flexibility index (Phi) is 5.67. The number of hydrogen-bond acceptors (Lipinski definition) is 2. The molecule has 1 aromatic rings. The van der Waals surface area contributed by atoms with Crippen molar-refractivity contribution in [2.24, 2.45) is 4.99 Å². The molecule has 106 valence electrons. The van der Waals surface area contributed by atoms with Gasteiger partial charge in [0.1, 0.15) is 12.4 Å². The van der Waals surface area contributed by atoms with Gasteiger partial charge in [0.15, 0.2) is 5.96 Å². The van der Waals surface area contributed by atoms with Gasteiger partial charge in [-0.3, -0.25) is 4.99 Å². The van der Waals surface area contributed by atoms with Crippen molar-refractivity contribution in [2.75, 3.05) is 20.2 Å². The van der Waals surface area contributed by atoms with Crippen LogP contribution in [0, 0.1) is 6.92 Å². The molecule has 0 bridgehead atoms. The maximum absolute atomic E-state index is 5.72. The first-order valence-corrected chi connectivity index (χ1v) is 6.59. The van der Waals surface area contributed by atoms with E-state index in [2.05, 4.69) is 36.4 Å². The average Bonchev–Trinajstić information content (AvgIpc) is 2.33. The van der Waals surface area contributed by atoms with E-state index in [0.29, 0.717) is 13.2 Å². The van der Waals surface area contributed by atoms with E-state index in [9.17, 15) is 0 Å². The molecule has 4 nitrogen and oxygen atoms in total. The minimum Gasteiger partial charge on any atom is -0.491 e. The Labute approximate surface area is 116 Å². The van der Waals surface area contributed by atoms with Gasteiger partial charge in [-0.2, -0.15) is 0 Å². The molecule has 2 N–H and O–H groups in total. The van der Waals surface area contributed by atoms with Crippen LogP contribution in [0.25, 0.3) is 0 Å². The minimum atomic E-state index is -0.00127. The highest BCUT2D eigenvalue weighted by Gasteiger charge is 2.11. The summed E-state index contributed by atoms with van der Waals surface area (Å²) in [5.41, 5.74) is 1.15. The van der Waals surface area contributed by atoms with Gasteiger partial charge in [0.25, 0.3) is 0 Å². The molecular weight excluding hydrogens is 238 g/mol. The lowest BCUT2D eigenvalue weighted by atomic mass is 10.1. The second-order valence-corrected chi connectivity index (χ2v) is 5.49. The molecule has 0 aliphatic heterocycles. The van der Waals surface area contributed by atoms with Gasteiger partial charge < -0.3 is 15.4 Å². The Bertz CT molecular complexity index is 422. The summed E-state index contributed by atoms with van der Waals surface area (Å²) >= 11 is 0. The molecular formula is C15H25N3O. The standard InChI is InChI=1S/C15H25N3O/c1-12-8-6-7-9-13(12)19-11-10-17-14(16-5)18-15(2,3)4/h6-9H,10-11H2,1-5H3,(H2,16,17,18). The summed E-state index contributed by atoms with van der Waals surface area (Å²) in [6, 6.07) is 8.02. The summed E-state index contributed by atoms with van der Waals surface area (Å²) in [4.78, 5) is 4.17. The average molecular weight is 263 g/mol. The molecule has 1 rings (SSSR count). The molecule has 0 atom stereocenters. The molecule has 1 aromatic carbocycles. The van der Waals surface area contributed by atoms with Crippen molar-refractivity contribution in [3.63, 3.8) is 0 Å². The van der Waals surface area contributed by atoms with Gasteiger partial charge in [-0.1, -0.05) is 18.2 Å². The van der Waals surface area contributed by atoms with Crippen LogP contribution in [0.1, 0.15) is 26.3 Å². The number of rotatable bonds is 4. The summed E-state index contributed by atoms with van der Waals surface area (Å²) in [6.07, 6.45) is 0. The number of nitrogens with zero attached hydrogens (tertiary/aromatic N) is 1. The van der Waals surface area contributed by atoms with Crippen LogP contribution in [0.3, 0.4) is 0 Å². The molecule has 0 amide bonds. The molecule has 0 aliphatic carbocycles. The molecule has 0 saturated heterocycles. The molecule has 0 radical (unpaired) electrons. The van der Waals surface area contributed by atoms with Crippen molar-refractivity contribution in [3.05, 3.63) is 29.8 Å². The van der Waals surface area contributed by atoms with E-state index in [1.54, 1.807) is 7.05 Å². The number of ether oxygens (including phenoxy) is 1. The van der Waals surface area contributed by atoms with Crippen molar-refractivity contribution in [1.29, 1.82) is 0 Å². The Balaban J connectivity index is 2.33. The molecule has 0 aromatic heterocycles. The topological polar surface area (TPSA) is 45.7 Å². The third-order valence-electron chi connectivity index (χ3n) is 2.46. The van der Waals surface area contributed by atoms with Crippen molar-refractivity contribution in [2.45, 2.75) is 33.2 Å². The fourth-order valence-electron chi connectivity index (χ4n) is 1.58. The van der Waals surface area contributed by atoms with Crippen LogP contribution in [-0.2, 0) is 0 Å². The third kappa shape index (κ3) is 6.13. The lowest BCUT2D eigenvalue weighted by Crippen LogP contribution is -2.48. The number of hydrogen-bond donors (Lipinski definition) is 2. The smallest absolute Gasteiger partial charge is 0.191 e. The number of nitrogens with one attached hydrogen (secondary N) is 2. The molecule has 0 unspecified atom stereocenters. The lowest BCUT2D eigenvalue weighted by Gasteiger charge is -2.23. The van der Waals surface area contributed by atoms with E-state index in [-0.39, 0.29) is 5.54 Å². The normalized spacial score (nSPS) is 12.2. The summed E-state index contributed by atoms with van der Waals surface area (Å²) in [5.74, 6) is 1.73.